The Balaban J connectivity index is 1.88. The first-order valence-corrected chi connectivity index (χ1v) is 11.9. The van der Waals surface area contributed by atoms with Crippen molar-refractivity contribution in [2.24, 2.45) is 22.7 Å². The van der Waals surface area contributed by atoms with E-state index >= 15 is 0 Å². The second-order valence-corrected chi connectivity index (χ2v) is 9.64. The summed E-state index contributed by atoms with van der Waals surface area (Å²) >= 11 is 0. The van der Waals surface area contributed by atoms with Gasteiger partial charge in [-0.05, 0) is 56.1 Å². The van der Waals surface area contributed by atoms with Gasteiger partial charge in [-0.25, -0.2) is 0 Å². The molecule has 0 aromatic heterocycles. The predicted octanol–water partition coefficient (Wildman–Crippen LogP) is 6.19. The molecule has 2 aromatic carbocycles. The highest BCUT2D eigenvalue weighted by Crippen LogP contribution is 2.35. The number of rotatable bonds is 6. The summed E-state index contributed by atoms with van der Waals surface area (Å²) in [6, 6.07) is 16.4. The minimum atomic E-state index is -0.189. The van der Waals surface area contributed by atoms with Crippen LogP contribution in [0.1, 0.15) is 56.7 Å². The number of benzene rings is 2. The summed E-state index contributed by atoms with van der Waals surface area (Å²) in [5.41, 5.74) is 4.25. The van der Waals surface area contributed by atoms with E-state index in [9.17, 15) is 4.79 Å². The van der Waals surface area contributed by atoms with Crippen molar-refractivity contribution < 1.29 is 9.53 Å². The summed E-state index contributed by atoms with van der Waals surface area (Å²) in [7, 11) is 1.78. The molecule has 3 rings (SSSR count). The van der Waals surface area contributed by atoms with Crippen molar-refractivity contribution in [3.05, 3.63) is 65.2 Å². The standard InChI is InChI=1S/C28H38N2O2/c1-19(2)24-16-13-21(4)17-26(24)32-27(31)18-30(25-10-8-7-9-22(25)5)28(29-6)23-14-11-20(3)12-15-23/h7-12,14-15,19,21,24,26H,13,16-18H2,1-6H3/t21-,24+,26-/m1/s1. The van der Waals surface area contributed by atoms with Gasteiger partial charge in [0.1, 0.15) is 18.5 Å². The number of hydrogen-bond acceptors (Lipinski definition) is 3. The fraction of sp³-hybridized carbons (Fsp3) is 0.500. The summed E-state index contributed by atoms with van der Waals surface area (Å²) in [5.74, 6) is 2.11. The van der Waals surface area contributed by atoms with Gasteiger partial charge >= 0.3 is 5.97 Å². The topological polar surface area (TPSA) is 41.9 Å². The monoisotopic (exact) mass is 434 g/mol. The number of hydrogen-bond donors (Lipinski definition) is 0. The van der Waals surface area contributed by atoms with Crippen LogP contribution < -0.4 is 4.90 Å². The molecule has 0 bridgehead atoms. The van der Waals surface area contributed by atoms with Crippen LogP contribution >= 0.6 is 0 Å². The Labute approximate surface area is 193 Å². The zero-order valence-electron chi connectivity index (χ0n) is 20.5. The van der Waals surface area contributed by atoms with Crippen LogP contribution in [-0.2, 0) is 9.53 Å². The van der Waals surface area contributed by atoms with E-state index in [1.165, 1.54) is 12.0 Å². The van der Waals surface area contributed by atoms with Crippen LogP contribution in [0, 0.1) is 31.6 Å². The van der Waals surface area contributed by atoms with Crippen LogP contribution in [-0.4, -0.2) is 31.5 Å². The van der Waals surface area contributed by atoms with Crippen molar-refractivity contribution in [2.75, 3.05) is 18.5 Å². The van der Waals surface area contributed by atoms with E-state index in [0.717, 1.165) is 35.5 Å². The quantitative estimate of drug-likeness (QED) is 0.309. The molecule has 32 heavy (non-hydrogen) atoms. The molecule has 2 aromatic rings. The average molecular weight is 435 g/mol. The lowest BCUT2D eigenvalue weighted by Crippen LogP contribution is -2.41. The molecule has 3 atom stereocenters. The van der Waals surface area contributed by atoms with Gasteiger partial charge in [0.25, 0.3) is 0 Å². The first-order valence-electron chi connectivity index (χ1n) is 11.9. The van der Waals surface area contributed by atoms with E-state index in [4.69, 9.17) is 4.74 Å². The highest BCUT2D eigenvalue weighted by atomic mass is 16.5. The number of nitrogens with zero attached hydrogens (tertiary/aromatic N) is 2. The number of amidine groups is 1. The minimum Gasteiger partial charge on any atom is -0.461 e. The zero-order valence-corrected chi connectivity index (χ0v) is 20.5. The van der Waals surface area contributed by atoms with Crippen molar-refractivity contribution >= 4 is 17.5 Å². The molecule has 0 saturated heterocycles. The van der Waals surface area contributed by atoms with E-state index in [2.05, 4.69) is 69.9 Å². The third-order valence-electron chi connectivity index (χ3n) is 6.71. The molecule has 0 aliphatic heterocycles. The number of anilines is 1. The third-order valence-corrected chi connectivity index (χ3v) is 6.71. The number of carbonyl (C=O) groups is 1. The lowest BCUT2D eigenvalue weighted by molar-refractivity contribution is -0.154. The Hall–Kier alpha value is -2.62. The summed E-state index contributed by atoms with van der Waals surface area (Å²) in [5, 5.41) is 0. The van der Waals surface area contributed by atoms with Gasteiger partial charge in [0.15, 0.2) is 0 Å². The first-order chi connectivity index (χ1) is 15.3. The van der Waals surface area contributed by atoms with Gasteiger partial charge in [0, 0.05) is 18.3 Å². The SMILES string of the molecule is CN=C(c1ccc(C)cc1)N(CC(=O)O[C@@H]1C[C@H](C)CC[C@H]1C(C)C)c1ccccc1C. The summed E-state index contributed by atoms with van der Waals surface area (Å²) in [6.07, 6.45) is 3.28. The van der Waals surface area contributed by atoms with Gasteiger partial charge < -0.3 is 9.64 Å². The molecule has 0 radical (unpaired) electrons. The van der Waals surface area contributed by atoms with E-state index in [1.54, 1.807) is 7.05 Å². The second kappa shape index (κ2) is 10.8. The molecular formula is C28H38N2O2. The average Bonchev–Trinajstić information content (AvgIpc) is 2.75. The van der Waals surface area contributed by atoms with Crippen LogP contribution in [0.25, 0.3) is 0 Å². The molecule has 1 aliphatic carbocycles. The van der Waals surface area contributed by atoms with E-state index in [0.29, 0.717) is 17.8 Å². The molecule has 4 nitrogen and oxygen atoms in total. The van der Waals surface area contributed by atoms with Crippen molar-refractivity contribution in [3.8, 4) is 0 Å². The molecular weight excluding hydrogens is 396 g/mol. The van der Waals surface area contributed by atoms with Gasteiger partial charge in [0.2, 0.25) is 0 Å². The summed E-state index contributed by atoms with van der Waals surface area (Å²) in [4.78, 5) is 19.9. The van der Waals surface area contributed by atoms with Gasteiger partial charge in [-0.3, -0.25) is 9.79 Å². The van der Waals surface area contributed by atoms with E-state index in [-0.39, 0.29) is 18.6 Å². The van der Waals surface area contributed by atoms with E-state index in [1.807, 2.05) is 23.1 Å². The van der Waals surface area contributed by atoms with Crippen molar-refractivity contribution in [1.82, 2.24) is 0 Å². The van der Waals surface area contributed by atoms with Gasteiger partial charge in [0.05, 0.1) is 0 Å². The summed E-state index contributed by atoms with van der Waals surface area (Å²) in [6.45, 7) is 11.0. The maximum Gasteiger partial charge on any atom is 0.326 e. The Morgan fingerprint density at radius 2 is 1.78 bits per heavy atom. The fourth-order valence-electron chi connectivity index (χ4n) is 4.83. The second-order valence-electron chi connectivity index (χ2n) is 9.64. The van der Waals surface area contributed by atoms with Gasteiger partial charge in [-0.2, -0.15) is 0 Å². The van der Waals surface area contributed by atoms with Gasteiger partial charge in [-0.1, -0.05) is 75.2 Å². The smallest absolute Gasteiger partial charge is 0.326 e. The van der Waals surface area contributed by atoms with Crippen LogP contribution in [0.3, 0.4) is 0 Å². The Morgan fingerprint density at radius 3 is 2.41 bits per heavy atom. The van der Waals surface area contributed by atoms with Crippen LogP contribution in [0.4, 0.5) is 5.69 Å². The van der Waals surface area contributed by atoms with Gasteiger partial charge in [-0.15, -0.1) is 0 Å². The third kappa shape index (κ3) is 5.79. The molecule has 1 saturated carbocycles. The van der Waals surface area contributed by atoms with Crippen LogP contribution in [0.15, 0.2) is 53.5 Å². The van der Waals surface area contributed by atoms with Crippen molar-refractivity contribution in [1.29, 1.82) is 0 Å². The highest BCUT2D eigenvalue weighted by molar-refractivity contribution is 6.12. The van der Waals surface area contributed by atoms with Crippen LogP contribution in [0.5, 0.6) is 0 Å². The Morgan fingerprint density at radius 1 is 1.09 bits per heavy atom. The molecule has 0 spiro atoms. The molecule has 0 heterocycles. The number of aliphatic imine (C=N–C) groups is 1. The maximum absolute atomic E-state index is 13.3. The largest absolute Gasteiger partial charge is 0.461 e. The number of aryl methyl sites for hydroxylation is 2. The fourth-order valence-corrected chi connectivity index (χ4v) is 4.83. The molecule has 1 aliphatic rings. The number of para-hydroxylation sites is 1. The molecule has 4 heteroatoms. The zero-order chi connectivity index (χ0) is 23.3. The van der Waals surface area contributed by atoms with E-state index < -0.39 is 0 Å². The molecule has 0 N–H and O–H groups in total. The first kappa shape index (κ1) is 24.0. The Bertz CT molecular complexity index is 933. The molecule has 0 amide bonds. The van der Waals surface area contributed by atoms with Crippen molar-refractivity contribution in [3.63, 3.8) is 0 Å². The number of esters is 1. The molecule has 172 valence electrons. The lowest BCUT2D eigenvalue weighted by Gasteiger charge is -2.37. The molecule has 0 unspecified atom stereocenters. The normalized spacial score (nSPS) is 21.5. The molecule has 1 fully saturated rings. The highest BCUT2D eigenvalue weighted by Gasteiger charge is 2.34. The number of ether oxygens (including phenoxy) is 1. The Kier molecular flexibility index (Phi) is 8.11. The predicted molar refractivity (Wildman–Crippen MR) is 133 cm³/mol. The van der Waals surface area contributed by atoms with Crippen molar-refractivity contribution in [2.45, 2.75) is 60.0 Å². The lowest BCUT2D eigenvalue weighted by atomic mass is 9.75. The minimum absolute atomic E-state index is 0.00800. The van der Waals surface area contributed by atoms with Crippen LogP contribution in [0.2, 0.25) is 0 Å². The number of carbonyl (C=O) groups excluding carboxylic acids is 1. The summed E-state index contributed by atoms with van der Waals surface area (Å²) < 4.78 is 6.14. The maximum atomic E-state index is 13.3.